The lowest BCUT2D eigenvalue weighted by molar-refractivity contribution is 1.09. The lowest BCUT2D eigenvalue weighted by Gasteiger charge is -2.19. The lowest BCUT2D eigenvalue weighted by atomic mass is 10.1. The van der Waals surface area contributed by atoms with E-state index in [0.717, 1.165) is 17.8 Å². The Morgan fingerprint density at radius 3 is 1.65 bits per heavy atom. The first-order valence-corrected chi connectivity index (χ1v) is 17.2. The van der Waals surface area contributed by atoms with Gasteiger partial charge in [0.1, 0.15) is 0 Å². The van der Waals surface area contributed by atoms with Gasteiger partial charge in [-0.05, 0) is 78.8 Å². The number of allylic oxidation sites excluding steroid dienone is 2. The average Bonchev–Trinajstić information content (AvgIpc) is 3.49. The van der Waals surface area contributed by atoms with Gasteiger partial charge in [-0.1, -0.05) is 127 Å². The SMILES string of the molecule is C1=Cc2c(n(-c3cccc(-n4c5ccccc5c5ccccc54)c3)c3ccc(P(c4ccccc4)c4ccccc4)cc23)C=CC1. The van der Waals surface area contributed by atoms with Crippen molar-refractivity contribution in [2.75, 3.05) is 0 Å². The third kappa shape index (κ3) is 4.37. The molecule has 0 saturated carbocycles. The molecule has 0 atom stereocenters. The van der Waals surface area contributed by atoms with E-state index in [-0.39, 0.29) is 0 Å². The first-order valence-electron chi connectivity index (χ1n) is 15.9. The highest BCUT2D eigenvalue weighted by Crippen LogP contribution is 2.39. The minimum absolute atomic E-state index is 0.703. The molecule has 8 aromatic rings. The summed E-state index contributed by atoms with van der Waals surface area (Å²) in [4.78, 5) is 0. The Balaban J connectivity index is 1.26. The van der Waals surface area contributed by atoms with Crippen LogP contribution in [-0.4, -0.2) is 9.13 Å². The van der Waals surface area contributed by atoms with Crippen molar-refractivity contribution < 1.29 is 0 Å². The van der Waals surface area contributed by atoms with Gasteiger partial charge in [-0.2, -0.15) is 0 Å². The van der Waals surface area contributed by atoms with Gasteiger partial charge in [0.25, 0.3) is 0 Å². The number of benzene rings is 6. The quantitative estimate of drug-likeness (QED) is 0.173. The molecule has 3 heteroatoms. The molecule has 2 aromatic heterocycles. The van der Waals surface area contributed by atoms with Crippen LogP contribution in [0.1, 0.15) is 17.7 Å². The summed E-state index contributed by atoms with van der Waals surface area (Å²) >= 11 is 0. The molecule has 46 heavy (non-hydrogen) atoms. The Morgan fingerprint density at radius 2 is 0.978 bits per heavy atom. The van der Waals surface area contributed by atoms with Crippen LogP contribution in [0.2, 0.25) is 0 Å². The Bertz CT molecular complexity index is 2350. The Morgan fingerprint density at radius 1 is 0.413 bits per heavy atom. The maximum Gasteiger partial charge on any atom is 0.0541 e. The highest BCUT2D eigenvalue weighted by Gasteiger charge is 2.21. The molecule has 2 nitrogen and oxygen atoms in total. The van der Waals surface area contributed by atoms with Crippen molar-refractivity contribution in [3.8, 4) is 11.4 Å². The van der Waals surface area contributed by atoms with Crippen molar-refractivity contribution in [3.63, 3.8) is 0 Å². The number of rotatable bonds is 5. The Hall–Kier alpha value is -5.43. The van der Waals surface area contributed by atoms with E-state index in [0.29, 0.717) is 0 Å². The summed E-state index contributed by atoms with van der Waals surface area (Å²) in [6, 6.07) is 55.6. The van der Waals surface area contributed by atoms with Gasteiger partial charge in [0.05, 0.1) is 22.2 Å². The minimum Gasteiger partial charge on any atom is -0.309 e. The maximum atomic E-state index is 2.46. The fraction of sp³-hybridized carbons (Fsp3) is 0.0233. The molecular weight excluding hydrogens is 575 g/mol. The summed E-state index contributed by atoms with van der Waals surface area (Å²) < 4.78 is 4.85. The number of hydrogen-bond acceptors (Lipinski definition) is 0. The largest absolute Gasteiger partial charge is 0.309 e. The van der Waals surface area contributed by atoms with Crippen molar-refractivity contribution >= 4 is 68.7 Å². The normalized spacial score (nSPS) is 12.7. The second kappa shape index (κ2) is 11.2. The van der Waals surface area contributed by atoms with E-state index in [9.17, 15) is 0 Å². The van der Waals surface area contributed by atoms with Crippen LogP contribution in [0.25, 0.3) is 56.2 Å². The van der Waals surface area contributed by atoms with Crippen molar-refractivity contribution in [3.05, 3.63) is 175 Å². The van der Waals surface area contributed by atoms with Gasteiger partial charge in [-0.3, -0.25) is 0 Å². The van der Waals surface area contributed by atoms with Crippen LogP contribution < -0.4 is 15.9 Å². The van der Waals surface area contributed by atoms with Crippen LogP contribution in [0.3, 0.4) is 0 Å². The van der Waals surface area contributed by atoms with Gasteiger partial charge in [0, 0.05) is 33.1 Å². The second-order valence-corrected chi connectivity index (χ2v) is 14.0. The van der Waals surface area contributed by atoms with E-state index >= 15 is 0 Å². The number of fused-ring (bicyclic) bond motifs is 6. The first-order chi connectivity index (χ1) is 22.8. The molecule has 2 heterocycles. The minimum atomic E-state index is -0.703. The van der Waals surface area contributed by atoms with E-state index in [1.165, 1.54) is 59.9 Å². The van der Waals surface area contributed by atoms with Crippen LogP contribution in [0.5, 0.6) is 0 Å². The number of nitrogens with zero attached hydrogens (tertiary/aromatic N) is 2. The summed E-state index contributed by atoms with van der Waals surface area (Å²) in [5.41, 5.74) is 8.49. The summed E-state index contributed by atoms with van der Waals surface area (Å²) in [6.45, 7) is 0. The number of para-hydroxylation sites is 2. The lowest BCUT2D eigenvalue weighted by Crippen LogP contribution is -2.20. The zero-order valence-electron chi connectivity index (χ0n) is 25.3. The van der Waals surface area contributed by atoms with Crippen molar-refractivity contribution in [2.24, 2.45) is 0 Å². The van der Waals surface area contributed by atoms with E-state index in [1.54, 1.807) is 0 Å². The molecule has 0 saturated heterocycles. The predicted molar refractivity (Wildman–Crippen MR) is 199 cm³/mol. The first kappa shape index (κ1) is 26.9. The van der Waals surface area contributed by atoms with E-state index in [1.807, 2.05) is 0 Å². The molecule has 218 valence electrons. The highest BCUT2D eigenvalue weighted by atomic mass is 31.1. The van der Waals surface area contributed by atoms with E-state index in [2.05, 4.69) is 185 Å². The van der Waals surface area contributed by atoms with E-state index in [4.69, 9.17) is 0 Å². The molecule has 0 amide bonds. The van der Waals surface area contributed by atoms with Gasteiger partial charge >= 0.3 is 0 Å². The molecule has 6 aromatic carbocycles. The molecule has 1 aliphatic carbocycles. The van der Waals surface area contributed by atoms with Gasteiger partial charge in [-0.25, -0.2) is 0 Å². The standard InChI is InChI=1S/C43H31N2P/c1-4-17-33(18-5-1)46(34-19-6-2-7-20-34)35-27-28-43-39(30-35)38-21-8-3-9-24-42(38)45(43)32-16-14-15-31(29-32)44-40-25-12-10-22-36(40)37-23-11-13-26-41(37)44/h1-2,4-30H,3H2. The summed E-state index contributed by atoms with van der Waals surface area (Å²) in [6.07, 6.45) is 10.1. The fourth-order valence-electron chi connectivity index (χ4n) is 7.10. The summed E-state index contributed by atoms with van der Waals surface area (Å²) in [5.74, 6) is 0. The van der Waals surface area contributed by atoms with Crippen LogP contribution in [0, 0.1) is 0 Å². The molecule has 9 rings (SSSR count). The number of aromatic nitrogens is 2. The van der Waals surface area contributed by atoms with Gasteiger partial charge < -0.3 is 9.13 Å². The van der Waals surface area contributed by atoms with Crippen LogP contribution in [0.4, 0.5) is 0 Å². The topological polar surface area (TPSA) is 9.86 Å². The van der Waals surface area contributed by atoms with Crippen LogP contribution in [-0.2, 0) is 0 Å². The van der Waals surface area contributed by atoms with Crippen LogP contribution in [0.15, 0.2) is 164 Å². The van der Waals surface area contributed by atoms with Crippen molar-refractivity contribution in [2.45, 2.75) is 6.42 Å². The maximum absolute atomic E-state index is 2.46. The molecule has 0 N–H and O–H groups in total. The molecule has 0 aliphatic heterocycles. The Kier molecular flexibility index (Phi) is 6.54. The van der Waals surface area contributed by atoms with E-state index < -0.39 is 7.92 Å². The van der Waals surface area contributed by atoms with Gasteiger partial charge in [0.15, 0.2) is 0 Å². The molecular formula is C43H31N2P. The monoisotopic (exact) mass is 606 g/mol. The molecule has 0 unspecified atom stereocenters. The smallest absolute Gasteiger partial charge is 0.0541 e. The Labute approximate surface area is 269 Å². The summed E-state index contributed by atoms with van der Waals surface area (Å²) in [7, 11) is -0.703. The van der Waals surface area contributed by atoms with Crippen LogP contribution >= 0.6 is 7.92 Å². The second-order valence-electron chi connectivity index (χ2n) is 11.8. The molecule has 0 radical (unpaired) electrons. The third-order valence-corrected chi connectivity index (χ3v) is 11.5. The van der Waals surface area contributed by atoms with Gasteiger partial charge in [0.2, 0.25) is 0 Å². The third-order valence-electron chi connectivity index (χ3n) is 9.07. The molecule has 1 aliphatic rings. The summed E-state index contributed by atoms with van der Waals surface area (Å²) in [5, 5.41) is 7.93. The predicted octanol–water partition coefficient (Wildman–Crippen LogP) is 9.92. The average molecular weight is 607 g/mol. The molecule has 0 bridgehead atoms. The fourth-order valence-corrected chi connectivity index (χ4v) is 9.41. The van der Waals surface area contributed by atoms with Crippen molar-refractivity contribution in [1.29, 1.82) is 0 Å². The highest BCUT2D eigenvalue weighted by molar-refractivity contribution is 7.79. The van der Waals surface area contributed by atoms with Gasteiger partial charge in [-0.15, -0.1) is 0 Å². The van der Waals surface area contributed by atoms with Crippen molar-refractivity contribution in [1.82, 2.24) is 9.13 Å². The zero-order valence-corrected chi connectivity index (χ0v) is 26.2. The number of hydrogen-bond donors (Lipinski definition) is 0. The molecule has 0 spiro atoms. The zero-order chi connectivity index (χ0) is 30.5. The molecule has 0 fully saturated rings.